The largest absolute Gasteiger partial charge is 0.354 e. The Hall–Kier alpha value is -1.86. The van der Waals surface area contributed by atoms with E-state index in [0.717, 1.165) is 12.8 Å². The van der Waals surface area contributed by atoms with Crippen molar-refractivity contribution in [3.63, 3.8) is 0 Å². The number of hydrogen-bond donors (Lipinski definition) is 2. The van der Waals surface area contributed by atoms with Crippen LogP contribution >= 0.6 is 0 Å². The highest BCUT2D eigenvalue weighted by atomic mass is 16.1. The van der Waals surface area contributed by atoms with Crippen molar-refractivity contribution in [1.82, 2.24) is 10.6 Å². The quantitative estimate of drug-likeness (QED) is 0.697. The Morgan fingerprint density at radius 2 is 2.11 bits per heavy atom. The molecule has 1 rings (SSSR count). The zero-order valence-electron chi connectivity index (χ0n) is 11.4. The maximum absolute atomic E-state index is 11.4. The predicted molar refractivity (Wildman–Crippen MR) is 75.5 cm³/mol. The molecule has 0 saturated heterocycles. The molecule has 0 radical (unpaired) electrons. The van der Waals surface area contributed by atoms with Gasteiger partial charge in [0, 0.05) is 12.6 Å². The standard InChI is InChI=1S/C15H21N3O/c1-13(8-9-14-6-3-2-4-7-14)18-12-15(19)17-11-5-10-16/h2-4,6-7,13,18H,5,8-9,11-12H2,1H3,(H,17,19). The normalized spacial score (nSPS) is 11.6. The van der Waals surface area contributed by atoms with E-state index in [1.165, 1.54) is 5.56 Å². The van der Waals surface area contributed by atoms with Crippen molar-refractivity contribution in [2.45, 2.75) is 32.2 Å². The SMILES string of the molecule is CC(CCc1ccccc1)NCC(=O)NCCC#N. The number of nitrogens with one attached hydrogen (secondary N) is 2. The van der Waals surface area contributed by atoms with Crippen LogP contribution in [0.25, 0.3) is 0 Å². The maximum Gasteiger partial charge on any atom is 0.233 e. The first kappa shape index (κ1) is 15.2. The first-order valence-electron chi connectivity index (χ1n) is 6.63. The van der Waals surface area contributed by atoms with Crippen LogP contribution in [0.1, 0.15) is 25.3 Å². The van der Waals surface area contributed by atoms with E-state index in [4.69, 9.17) is 5.26 Å². The van der Waals surface area contributed by atoms with E-state index < -0.39 is 0 Å². The lowest BCUT2D eigenvalue weighted by molar-refractivity contribution is -0.120. The van der Waals surface area contributed by atoms with Crippen molar-refractivity contribution in [3.05, 3.63) is 35.9 Å². The highest BCUT2D eigenvalue weighted by Crippen LogP contribution is 2.04. The third-order valence-electron chi connectivity index (χ3n) is 2.88. The molecule has 4 nitrogen and oxygen atoms in total. The topological polar surface area (TPSA) is 64.9 Å². The first-order chi connectivity index (χ1) is 9.22. The first-order valence-corrected chi connectivity index (χ1v) is 6.63. The number of benzene rings is 1. The fourth-order valence-electron chi connectivity index (χ4n) is 1.72. The zero-order chi connectivity index (χ0) is 13.9. The smallest absolute Gasteiger partial charge is 0.233 e. The Kier molecular flexibility index (Phi) is 7.30. The second-order valence-electron chi connectivity index (χ2n) is 4.56. The molecule has 1 atom stereocenters. The molecule has 1 amide bonds. The van der Waals surface area contributed by atoms with E-state index in [9.17, 15) is 4.79 Å². The number of aryl methyl sites for hydroxylation is 1. The highest BCUT2D eigenvalue weighted by molar-refractivity contribution is 5.77. The summed E-state index contributed by atoms with van der Waals surface area (Å²) in [4.78, 5) is 11.4. The Balaban J connectivity index is 2.12. The third-order valence-corrected chi connectivity index (χ3v) is 2.88. The summed E-state index contributed by atoms with van der Waals surface area (Å²) in [5.74, 6) is -0.0539. The second kappa shape index (κ2) is 9.12. The van der Waals surface area contributed by atoms with Crippen LogP contribution in [0.5, 0.6) is 0 Å². The summed E-state index contributed by atoms with van der Waals surface area (Å²) in [6.45, 7) is 2.81. The van der Waals surface area contributed by atoms with Gasteiger partial charge in [-0.25, -0.2) is 0 Å². The molecule has 2 N–H and O–H groups in total. The summed E-state index contributed by atoms with van der Waals surface area (Å²) < 4.78 is 0. The van der Waals surface area contributed by atoms with Gasteiger partial charge < -0.3 is 10.6 Å². The molecule has 4 heteroatoms. The van der Waals surface area contributed by atoms with Crippen LogP contribution in [-0.2, 0) is 11.2 Å². The Morgan fingerprint density at radius 1 is 1.37 bits per heavy atom. The van der Waals surface area contributed by atoms with Crippen molar-refractivity contribution >= 4 is 5.91 Å². The molecular formula is C15H21N3O. The minimum atomic E-state index is -0.0539. The molecule has 1 unspecified atom stereocenters. The Labute approximate surface area is 114 Å². The van der Waals surface area contributed by atoms with Crippen LogP contribution in [-0.4, -0.2) is 25.0 Å². The van der Waals surface area contributed by atoms with Gasteiger partial charge in [0.25, 0.3) is 0 Å². The number of hydrogen-bond acceptors (Lipinski definition) is 3. The second-order valence-corrected chi connectivity index (χ2v) is 4.56. The van der Waals surface area contributed by atoms with E-state index in [1.54, 1.807) is 0 Å². The van der Waals surface area contributed by atoms with Crippen molar-refractivity contribution in [2.75, 3.05) is 13.1 Å². The van der Waals surface area contributed by atoms with Gasteiger partial charge in [-0.1, -0.05) is 30.3 Å². The molecule has 0 bridgehead atoms. The number of carbonyl (C=O) groups is 1. The summed E-state index contributed by atoms with van der Waals surface area (Å²) in [7, 11) is 0. The molecule has 0 aliphatic carbocycles. The van der Waals surface area contributed by atoms with Crippen molar-refractivity contribution in [3.8, 4) is 6.07 Å². The van der Waals surface area contributed by atoms with Gasteiger partial charge in [-0.05, 0) is 25.3 Å². The number of nitriles is 1. The molecule has 1 aromatic rings. The number of rotatable bonds is 8. The number of carbonyl (C=O) groups excluding carboxylic acids is 1. The zero-order valence-corrected chi connectivity index (χ0v) is 11.4. The van der Waals surface area contributed by atoms with Gasteiger partial charge >= 0.3 is 0 Å². The van der Waals surface area contributed by atoms with Gasteiger partial charge in [0.1, 0.15) is 0 Å². The molecule has 1 aromatic carbocycles. The molecule has 19 heavy (non-hydrogen) atoms. The van der Waals surface area contributed by atoms with Gasteiger partial charge in [0.15, 0.2) is 0 Å². The Morgan fingerprint density at radius 3 is 2.79 bits per heavy atom. The fraction of sp³-hybridized carbons (Fsp3) is 0.467. The van der Waals surface area contributed by atoms with Crippen LogP contribution in [0.2, 0.25) is 0 Å². The summed E-state index contributed by atoms with van der Waals surface area (Å²) in [6, 6.07) is 12.6. The monoisotopic (exact) mass is 259 g/mol. The van der Waals surface area contributed by atoms with Gasteiger partial charge in [-0.3, -0.25) is 4.79 Å². The van der Waals surface area contributed by atoms with Crippen molar-refractivity contribution in [2.24, 2.45) is 0 Å². The van der Waals surface area contributed by atoms with Crippen LogP contribution in [0.3, 0.4) is 0 Å². The molecule has 0 saturated carbocycles. The predicted octanol–water partition coefficient (Wildman–Crippen LogP) is 1.63. The summed E-state index contributed by atoms with van der Waals surface area (Å²) >= 11 is 0. The molecule has 0 fully saturated rings. The molecule has 0 aromatic heterocycles. The molecule has 0 heterocycles. The molecule has 0 aliphatic heterocycles. The molecule has 102 valence electrons. The molecule has 0 aliphatic rings. The highest BCUT2D eigenvalue weighted by Gasteiger charge is 2.05. The number of amides is 1. The van der Waals surface area contributed by atoms with Crippen LogP contribution < -0.4 is 10.6 Å². The van der Waals surface area contributed by atoms with E-state index >= 15 is 0 Å². The average molecular weight is 259 g/mol. The van der Waals surface area contributed by atoms with Crippen LogP contribution in [0.15, 0.2) is 30.3 Å². The lowest BCUT2D eigenvalue weighted by Gasteiger charge is -2.13. The van der Waals surface area contributed by atoms with E-state index in [0.29, 0.717) is 25.6 Å². The van der Waals surface area contributed by atoms with Crippen molar-refractivity contribution in [1.29, 1.82) is 5.26 Å². The van der Waals surface area contributed by atoms with Crippen LogP contribution in [0, 0.1) is 11.3 Å². The molecule has 0 spiro atoms. The van der Waals surface area contributed by atoms with Crippen LogP contribution in [0.4, 0.5) is 0 Å². The minimum Gasteiger partial charge on any atom is -0.354 e. The van der Waals surface area contributed by atoms with Gasteiger partial charge in [0.2, 0.25) is 5.91 Å². The van der Waals surface area contributed by atoms with Crippen molar-refractivity contribution < 1.29 is 4.79 Å². The summed E-state index contributed by atoms with van der Waals surface area (Å²) in [5.41, 5.74) is 1.31. The van der Waals surface area contributed by atoms with E-state index in [1.807, 2.05) is 24.3 Å². The summed E-state index contributed by atoms with van der Waals surface area (Å²) in [5, 5.41) is 14.2. The van der Waals surface area contributed by atoms with Gasteiger partial charge in [-0.15, -0.1) is 0 Å². The molecular weight excluding hydrogens is 238 g/mol. The number of nitrogens with zero attached hydrogens (tertiary/aromatic N) is 1. The minimum absolute atomic E-state index is 0.0539. The lowest BCUT2D eigenvalue weighted by Crippen LogP contribution is -2.38. The lowest BCUT2D eigenvalue weighted by atomic mass is 10.1. The van der Waals surface area contributed by atoms with Gasteiger partial charge in [-0.2, -0.15) is 5.26 Å². The third kappa shape index (κ3) is 7.22. The van der Waals surface area contributed by atoms with E-state index in [-0.39, 0.29) is 5.91 Å². The maximum atomic E-state index is 11.4. The Bertz CT molecular complexity index is 411. The fourth-order valence-corrected chi connectivity index (χ4v) is 1.72. The van der Waals surface area contributed by atoms with Gasteiger partial charge in [0.05, 0.1) is 19.0 Å². The summed E-state index contributed by atoms with van der Waals surface area (Å²) in [6.07, 6.45) is 2.36. The van der Waals surface area contributed by atoms with E-state index in [2.05, 4.69) is 29.7 Å². The average Bonchev–Trinajstić information content (AvgIpc) is 2.44.